The molecule has 0 atom stereocenters. The molecule has 0 saturated carbocycles. The van der Waals surface area contributed by atoms with Gasteiger partial charge < -0.3 is 5.11 Å². The predicted molar refractivity (Wildman–Crippen MR) is 104 cm³/mol. The maximum absolute atomic E-state index is 12.1. The molecule has 2 N–H and O–H groups in total. The number of carbonyl (C=O) groups is 1. The van der Waals surface area contributed by atoms with Crippen molar-refractivity contribution in [2.45, 2.75) is 20.3 Å². The van der Waals surface area contributed by atoms with Gasteiger partial charge in [-0.25, -0.2) is 10.4 Å². The normalized spacial score (nSPS) is 11.4. The van der Waals surface area contributed by atoms with E-state index in [2.05, 4.69) is 15.5 Å². The first kappa shape index (κ1) is 17.8. The van der Waals surface area contributed by atoms with Crippen molar-refractivity contribution in [1.82, 2.24) is 10.4 Å². The van der Waals surface area contributed by atoms with Crippen molar-refractivity contribution >= 4 is 23.0 Å². The average molecular weight is 365 g/mol. The predicted octanol–water partition coefficient (Wildman–Crippen LogP) is 3.91. The molecule has 26 heavy (non-hydrogen) atoms. The number of nitrogens with zero attached hydrogens (tertiary/aromatic N) is 2. The minimum Gasteiger partial charge on any atom is -0.507 e. The molecule has 1 heterocycles. The molecule has 0 spiro atoms. The van der Waals surface area contributed by atoms with Gasteiger partial charge >= 0.3 is 0 Å². The molecule has 0 fully saturated rings. The molecule has 0 aliphatic rings. The number of aryl methyl sites for hydroxylation is 1. The van der Waals surface area contributed by atoms with Crippen LogP contribution in [-0.2, 0) is 11.2 Å². The van der Waals surface area contributed by atoms with Gasteiger partial charge in [0.25, 0.3) is 0 Å². The first-order chi connectivity index (χ1) is 12.5. The summed E-state index contributed by atoms with van der Waals surface area (Å²) in [6, 6.07) is 15.1. The number of hydrogen-bond donors (Lipinski definition) is 2. The van der Waals surface area contributed by atoms with Crippen LogP contribution < -0.4 is 5.43 Å². The number of aromatic hydroxyl groups is 1. The zero-order valence-corrected chi connectivity index (χ0v) is 15.4. The molecule has 0 aliphatic carbocycles. The Balaban J connectivity index is 1.64. The van der Waals surface area contributed by atoms with Gasteiger partial charge in [-0.3, -0.25) is 4.79 Å². The molecule has 0 unspecified atom stereocenters. The van der Waals surface area contributed by atoms with Crippen LogP contribution in [-0.4, -0.2) is 21.7 Å². The van der Waals surface area contributed by atoms with E-state index in [1.165, 1.54) is 11.3 Å². The van der Waals surface area contributed by atoms with Crippen molar-refractivity contribution in [3.05, 3.63) is 70.0 Å². The number of benzene rings is 2. The number of hydrogen-bond acceptors (Lipinski definition) is 5. The number of phenols is 1. The zero-order valence-electron chi connectivity index (χ0n) is 14.6. The van der Waals surface area contributed by atoms with E-state index in [1.807, 2.05) is 54.8 Å². The second kappa shape index (κ2) is 7.93. The summed E-state index contributed by atoms with van der Waals surface area (Å²) in [5.41, 5.74) is 6.58. The van der Waals surface area contributed by atoms with E-state index in [0.29, 0.717) is 11.3 Å². The van der Waals surface area contributed by atoms with Gasteiger partial charge in [0.05, 0.1) is 17.8 Å². The van der Waals surface area contributed by atoms with Crippen molar-refractivity contribution in [3.8, 4) is 17.0 Å². The van der Waals surface area contributed by atoms with Crippen LogP contribution in [0.25, 0.3) is 11.3 Å². The lowest BCUT2D eigenvalue weighted by Crippen LogP contribution is -2.21. The molecule has 0 saturated heterocycles. The van der Waals surface area contributed by atoms with Crippen LogP contribution in [0.3, 0.4) is 0 Å². The van der Waals surface area contributed by atoms with Gasteiger partial charge in [-0.2, -0.15) is 5.10 Å². The standard InChI is InChI=1S/C20H19N3O2S/c1-13-8-9-18(24)16(10-13)14(2)22-23-19(25)11-20-21-17(12-26-20)15-6-4-3-5-7-15/h3-10,12,24H,11H2,1-2H3,(H,23,25)/b22-14+. The molecular weight excluding hydrogens is 346 g/mol. The second-order valence-corrected chi connectivity index (χ2v) is 6.86. The van der Waals surface area contributed by atoms with Crippen LogP contribution in [0.4, 0.5) is 0 Å². The first-order valence-electron chi connectivity index (χ1n) is 8.16. The summed E-state index contributed by atoms with van der Waals surface area (Å²) in [4.78, 5) is 16.6. The van der Waals surface area contributed by atoms with E-state index in [0.717, 1.165) is 21.8 Å². The maximum atomic E-state index is 12.1. The highest BCUT2D eigenvalue weighted by Gasteiger charge is 2.10. The van der Waals surface area contributed by atoms with E-state index in [-0.39, 0.29) is 18.1 Å². The van der Waals surface area contributed by atoms with Crippen LogP contribution in [0.1, 0.15) is 23.1 Å². The number of nitrogens with one attached hydrogen (secondary N) is 1. The van der Waals surface area contributed by atoms with E-state index < -0.39 is 0 Å². The Morgan fingerprint density at radius 2 is 2.00 bits per heavy atom. The fraction of sp³-hybridized carbons (Fsp3) is 0.150. The van der Waals surface area contributed by atoms with Crippen LogP contribution in [0.2, 0.25) is 0 Å². The fourth-order valence-electron chi connectivity index (χ4n) is 2.46. The van der Waals surface area contributed by atoms with E-state index >= 15 is 0 Å². The molecule has 2 aromatic carbocycles. The number of hydrazone groups is 1. The average Bonchev–Trinajstić information content (AvgIpc) is 3.11. The zero-order chi connectivity index (χ0) is 18.5. The molecule has 0 bridgehead atoms. The largest absolute Gasteiger partial charge is 0.507 e. The van der Waals surface area contributed by atoms with Gasteiger partial charge in [0.2, 0.25) is 5.91 Å². The second-order valence-electron chi connectivity index (χ2n) is 5.92. The molecule has 0 aliphatic heterocycles. The van der Waals surface area contributed by atoms with Gasteiger partial charge in [-0.05, 0) is 26.0 Å². The molecular formula is C20H19N3O2S. The number of thiazole rings is 1. The van der Waals surface area contributed by atoms with Crippen molar-refractivity contribution in [3.63, 3.8) is 0 Å². The van der Waals surface area contributed by atoms with Crippen LogP contribution >= 0.6 is 11.3 Å². The molecule has 5 nitrogen and oxygen atoms in total. The monoisotopic (exact) mass is 365 g/mol. The van der Waals surface area contributed by atoms with E-state index in [9.17, 15) is 9.90 Å². The molecule has 132 valence electrons. The first-order valence-corrected chi connectivity index (χ1v) is 9.04. The summed E-state index contributed by atoms with van der Waals surface area (Å²) in [7, 11) is 0. The lowest BCUT2D eigenvalue weighted by Gasteiger charge is -2.06. The summed E-state index contributed by atoms with van der Waals surface area (Å²) in [5, 5.41) is 16.7. The number of carbonyl (C=O) groups excluding carboxylic acids is 1. The smallest absolute Gasteiger partial charge is 0.246 e. The summed E-state index contributed by atoms with van der Waals surface area (Å²) in [5.74, 6) is -0.107. The third-order valence-corrected chi connectivity index (χ3v) is 4.67. The van der Waals surface area contributed by atoms with Crippen molar-refractivity contribution < 1.29 is 9.90 Å². The Morgan fingerprint density at radius 1 is 1.23 bits per heavy atom. The summed E-state index contributed by atoms with van der Waals surface area (Å²) >= 11 is 1.45. The van der Waals surface area contributed by atoms with Crippen molar-refractivity contribution in [2.24, 2.45) is 5.10 Å². The lowest BCUT2D eigenvalue weighted by molar-refractivity contribution is -0.120. The van der Waals surface area contributed by atoms with Crippen LogP contribution in [0.5, 0.6) is 5.75 Å². The van der Waals surface area contributed by atoms with Crippen LogP contribution in [0, 0.1) is 6.92 Å². The highest BCUT2D eigenvalue weighted by Crippen LogP contribution is 2.22. The Hall–Kier alpha value is -2.99. The lowest BCUT2D eigenvalue weighted by atomic mass is 10.1. The topological polar surface area (TPSA) is 74.6 Å². The molecule has 1 aromatic heterocycles. The maximum Gasteiger partial charge on any atom is 0.246 e. The summed E-state index contributed by atoms with van der Waals surface area (Å²) in [6.07, 6.45) is 0.161. The van der Waals surface area contributed by atoms with Crippen LogP contribution in [0.15, 0.2) is 59.0 Å². The Morgan fingerprint density at radius 3 is 2.77 bits per heavy atom. The number of amides is 1. The van der Waals surface area contributed by atoms with Crippen molar-refractivity contribution in [2.75, 3.05) is 0 Å². The highest BCUT2D eigenvalue weighted by molar-refractivity contribution is 7.10. The van der Waals surface area contributed by atoms with E-state index in [1.54, 1.807) is 13.0 Å². The van der Waals surface area contributed by atoms with Gasteiger partial charge in [-0.15, -0.1) is 11.3 Å². The summed E-state index contributed by atoms with van der Waals surface area (Å²) < 4.78 is 0. The third kappa shape index (κ3) is 4.34. The summed E-state index contributed by atoms with van der Waals surface area (Å²) in [6.45, 7) is 3.67. The SMILES string of the molecule is C/C(=N\NC(=O)Cc1nc(-c2ccccc2)cs1)c1cc(C)ccc1O. The number of rotatable bonds is 5. The highest BCUT2D eigenvalue weighted by atomic mass is 32.1. The van der Waals surface area contributed by atoms with Gasteiger partial charge in [0.15, 0.2) is 0 Å². The molecule has 6 heteroatoms. The minimum atomic E-state index is -0.245. The molecule has 3 aromatic rings. The third-order valence-electron chi connectivity index (χ3n) is 3.82. The molecule has 1 amide bonds. The Bertz CT molecular complexity index is 949. The fourth-order valence-corrected chi connectivity index (χ4v) is 3.26. The van der Waals surface area contributed by atoms with Gasteiger partial charge in [0, 0.05) is 16.5 Å². The number of phenolic OH excluding ortho intramolecular Hbond substituents is 1. The molecule has 0 radical (unpaired) electrons. The van der Waals surface area contributed by atoms with E-state index in [4.69, 9.17) is 0 Å². The quantitative estimate of drug-likeness (QED) is 0.532. The Kier molecular flexibility index (Phi) is 5.43. The minimum absolute atomic E-state index is 0.138. The van der Waals surface area contributed by atoms with Gasteiger partial charge in [0.1, 0.15) is 10.8 Å². The Labute approximate surface area is 156 Å². The van der Waals surface area contributed by atoms with Crippen molar-refractivity contribution in [1.29, 1.82) is 0 Å². The van der Waals surface area contributed by atoms with Gasteiger partial charge in [-0.1, -0.05) is 42.0 Å². The molecule has 3 rings (SSSR count). The number of aromatic nitrogens is 1.